The van der Waals surface area contributed by atoms with Crippen molar-refractivity contribution in [3.05, 3.63) is 206 Å². The molecule has 0 aliphatic rings. The Morgan fingerprint density at radius 2 is 0.793 bits per heavy atom. The van der Waals surface area contributed by atoms with Gasteiger partial charge in [-0.2, -0.15) is 0 Å². The van der Waals surface area contributed by atoms with E-state index >= 15 is 0 Å². The molecule has 0 saturated carbocycles. The normalized spacial score (nSPS) is 11.8. The monoisotopic (exact) mass is 738 g/mol. The van der Waals surface area contributed by atoms with Gasteiger partial charge in [-0.05, 0) is 82.6 Å². The van der Waals surface area contributed by atoms with Crippen LogP contribution in [0.3, 0.4) is 0 Å². The second kappa shape index (κ2) is 12.9. The highest BCUT2D eigenvalue weighted by molar-refractivity contribution is 6.27. The standard InChI is InChI=1S/C54H34N4/c1-4-16-35(17-5-1)43-33-51-52(42-24-11-10-22-40(42)43)45-32-44-41-23-12-15-27-48(41)57(38-20-8-3-9-21-38)49(44)34-50(45)58(51)39-30-28-37(29-31-39)54-53(36-18-6-2-7-19-36)55-46-25-13-14-26-47(46)56-54/h1-34H. The molecule has 0 spiro atoms. The largest absolute Gasteiger partial charge is 0.309 e. The van der Waals surface area contributed by atoms with Crippen LogP contribution in [0.1, 0.15) is 0 Å². The molecular weight excluding hydrogens is 705 g/mol. The third-order valence-corrected chi connectivity index (χ3v) is 11.7. The van der Waals surface area contributed by atoms with E-state index < -0.39 is 0 Å². The van der Waals surface area contributed by atoms with Crippen LogP contribution >= 0.6 is 0 Å². The predicted molar refractivity (Wildman–Crippen MR) is 242 cm³/mol. The van der Waals surface area contributed by atoms with Gasteiger partial charge in [-0.15, -0.1) is 0 Å². The highest BCUT2D eigenvalue weighted by Crippen LogP contribution is 2.44. The second-order valence-electron chi connectivity index (χ2n) is 15.0. The molecule has 3 aromatic heterocycles. The summed E-state index contributed by atoms with van der Waals surface area (Å²) in [6.07, 6.45) is 0. The van der Waals surface area contributed by atoms with Gasteiger partial charge in [-0.1, -0.05) is 146 Å². The maximum Gasteiger partial charge on any atom is 0.0973 e. The van der Waals surface area contributed by atoms with E-state index in [0.717, 1.165) is 50.4 Å². The Morgan fingerprint density at radius 1 is 0.293 bits per heavy atom. The van der Waals surface area contributed by atoms with E-state index in [1.54, 1.807) is 0 Å². The van der Waals surface area contributed by atoms with Crippen LogP contribution in [0.4, 0.5) is 0 Å². The first-order valence-corrected chi connectivity index (χ1v) is 19.8. The number of rotatable bonds is 5. The smallest absolute Gasteiger partial charge is 0.0973 e. The Kier molecular flexibility index (Phi) is 7.20. The van der Waals surface area contributed by atoms with Crippen LogP contribution in [-0.2, 0) is 0 Å². The SMILES string of the molecule is c1ccc(-c2nc3ccccc3nc2-c2ccc(-n3c4cc5c(cc4c4c6ccccc6c(-c6ccccc6)cc43)c3ccccc3n5-c3ccccc3)cc2)cc1. The Morgan fingerprint density at radius 3 is 1.48 bits per heavy atom. The summed E-state index contributed by atoms with van der Waals surface area (Å²) < 4.78 is 4.87. The van der Waals surface area contributed by atoms with Gasteiger partial charge in [-0.25, -0.2) is 9.97 Å². The molecule has 0 N–H and O–H groups in total. The van der Waals surface area contributed by atoms with Crippen molar-refractivity contribution in [1.29, 1.82) is 0 Å². The fourth-order valence-electron chi connectivity index (χ4n) is 9.10. The molecule has 0 unspecified atom stereocenters. The van der Waals surface area contributed by atoms with Crippen LogP contribution in [0.15, 0.2) is 206 Å². The van der Waals surface area contributed by atoms with Crippen LogP contribution in [0.2, 0.25) is 0 Å². The Balaban J connectivity index is 1.17. The molecule has 0 saturated heterocycles. The van der Waals surface area contributed by atoms with Gasteiger partial charge in [0.05, 0.1) is 44.5 Å². The summed E-state index contributed by atoms with van der Waals surface area (Å²) in [5.41, 5.74) is 14.9. The van der Waals surface area contributed by atoms with E-state index in [1.165, 1.54) is 60.0 Å². The number of aromatic nitrogens is 4. The van der Waals surface area contributed by atoms with Gasteiger partial charge in [0.15, 0.2) is 0 Å². The molecule has 0 aliphatic heterocycles. The minimum Gasteiger partial charge on any atom is -0.309 e. The fourth-order valence-corrected chi connectivity index (χ4v) is 9.10. The van der Waals surface area contributed by atoms with E-state index in [1.807, 2.05) is 30.3 Å². The molecule has 12 aromatic rings. The number of benzene rings is 9. The number of para-hydroxylation sites is 4. The summed E-state index contributed by atoms with van der Waals surface area (Å²) in [5.74, 6) is 0. The number of fused-ring (bicyclic) bond motifs is 9. The van der Waals surface area contributed by atoms with Crippen LogP contribution < -0.4 is 0 Å². The topological polar surface area (TPSA) is 35.6 Å². The molecule has 9 aromatic carbocycles. The quantitative estimate of drug-likeness (QED) is 0.176. The van der Waals surface area contributed by atoms with Gasteiger partial charge in [0.2, 0.25) is 0 Å². The first-order valence-electron chi connectivity index (χ1n) is 19.8. The van der Waals surface area contributed by atoms with Gasteiger partial charge in [-0.3, -0.25) is 0 Å². The van der Waals surface area contributed by atoms with Gasteiger partial charge in [0.25, 0.3) is 0 Å². The van der Waals surface area contributed by atoms with Crippen molar-refractivity contribution in [1.82, 2.24) is 19.1 Å². The lowest BCUT2D eigenvalue weighted by atomic mass is 9.94. The summed E-state index contributed by atoms with van der Waals surface area (Å²) in [7, 11) is 0. The average Bonchev–Trinajstić information content (AvgIpc) is 3.80. The molecule has 4 heteroatoms. The minimum atomic E-state index is 0.866. The van der Waals surface area contributed by atoms with Gasteiger partial charge in [0.1, 0.15) is 0 Å². The highest BCUT2D eigenvalue weighted by Gasteiger charge is 2.22. The van der Waals surface area contributed by atoms with Crippen molar-refractivity contribution >= 4 is 65.4 Å². The third-order valence-electron chi connectivity index (χ3n) is 11.7. The van der Waals surface area contributed by atoms with Crippen molar-refractivity contribution in [2.75, 3.05) is 0 Å². The molecule has 4 nitrogen and oxygen atoms in total. The summed E-state index contributed by atoms with van der Waals surface area (Å²) >= 11 is 0. The molecule has 0 amide bonds. The van der Waals surface area contributed by atoms with Crippen molar-refractivity contribution in [3.8, 4) is 45.0 Å². The van der Waals surface area contributed by atoms with Crippen molar-refractivity contribution < 1.29 is 0 Å². The molecule has 0 aliphatic carbocycles. The predicted octanol–water partition coefficient (Wildman–Crippen LogP) is 14.0. The molecular formula is C54H34N4. The van der Waals surface area contributed by atoms with E-state index in [-0.39, 0.29) is 0 Å². The van der Waals surface area contributed by atoms with E-state index in [9.17, 15) is 0 Å². The van der Waals surface area contributed by atoms with Crippen molar-refractivity contribution in [2.45, 2.75) is 0 Å². The van der Waals surface area contributed by atoms with E-state index in [0.29, 0.717) is 0 Å². The number of hydrogen-bond donors (Lipinski definition) is 0. The van der Waals surface area contributed by atoms with Crippen LogP contribution in [0.25, 0.3) is 110 Å². The molecule has 0 bridgehead atoms. The zero-order valence-electron chi connectivity index (χ0n) is 31.4. The molecule has 0 fully saturated rings. The molecule has 270 valence electrons. The Hall–Kier alpha value is -7.82. The maximum atomic E-state index is 5.21. The summed E-state index contributed by atoms with van der Waals surface area (Å²) in [6, 6.07) is 73.8. The minimum absolute atomic E-state index is 0.866. The summed E-state index contributed by atoms with van der Waals surface area (Å²) in [5, 5.41) is 7.44. The van der Waals surface area contributed by atoms with E-state index in [4.69, 9.17) is 9.97 Å². The zero-order chi connectivity index (χ0) is 38.2. The average molecular weight is 739 g/mol. The zero-order valence-corrected chi connectivity index (χ0v) is 31.4. The van der Waals surface area contributed by atoms with Crippen LogP contribution in [0.5, 0.6) is 0 Å². The Labute approximate surface area is 334 Å². The molecule has 0 atom stereocenters. The molecule has 58 heavy (non-hydrogen) atoms. The molecule has 12 rings (SSSR count). The first kappa shape index (κ1) is 32.4. The third kappa shape index (κ3) is 4.95. The van der Waals surface area contributed by atoms with Gasteiger partial charge < -0.3 is 9.13 Å². The summed E-state index contributed by atoms with van der Waals surface area (Å²) in [4.78, 5) is 10.4. The second-order valence-corrected chi connectivity index (χ2v) is 15.0. The fraction of sp³-hybridized carbons (Fsp3) is 0. The lowest BCUT2D eigenvalue weighted by Crippen LogP contribution is -1.98. The van der Waals surface area contributed by atoms with Crippen molar-refractivity contribution in [2.24, 2.45) is 0 Å². The van der Waals surface area contributed by atoms with Gasteiger partial charge in [0, 0.05) is 44.0 Å². The number of hydrogen-bond acceptors (Lipinski definition) is 2. The Bertz CT molecular complexity index is 3530. The van der Waals surface area contributed by atoms with Crippen molar-refractivity contribution in [3.63, 3.8) is 0 Å². The lowest BCUT2D eigenvalue weighted by molar-refractivity contribution is 1.16. The van der Waals surface area contributed by atoms with Crippen LogP contribution in [-0.4, -0.2) is 19.1 Å². The number of nitrogens with zero attached hydrogens (tertiary/aromatic N) is 4. The summed E-state index contributed by atoms with van der Waals surface area (Å²) in [6.45, 7) is 0. The molecule has 3 heterocycles. The van der Waals surface area contributed by atoms with Gasteiger partial charge >= 0.3 is 0 Å². The van der Waals surface area contributed by atoms with E-state index in [2.05, 4.69) is 185 Å². The first-order chi connectivity index (χ1) is 28.8. The van der Waals surface area contributed by atoms with Crippen LogP contribution in [0, 0.1) is 0 Å². The maximum absolute atomic E-state index is 5.21. The lowest BCUT2D eigenvalue weighted by Gasteiger charge is -2.14. The molecule has 0 radical (unpaired) electrons. The highest BCUT2D eigenvalue weighted by atomic mass is 15.0.